The van der Waals surface area contributed by atoms with E-state index in [1.165, 1.54) is 6.07 Å². The van der Waals surface area contributed by atoms with Crippen LogP contribution in [0.3, 0.4) is 0 Å². The number of nitrogens with one attached hydrogen (secondary N) is 1. The molecule has 4 rings (SSSR count). The number of imide groups is 1. The number of amides is 3. The van der Waals surface area contributed by atoms with Crippen LogP contribution in [0, 0.1) is 17.4 Å². The Kier molecular flexibility index (Phi) is 7.32. The van der Waals surface area contributed by atoms with E-state index in [0.29, 0.717) is 11.8 Å². The van der Waals surface area contributed by atoms with Crippen molar-refractivity contribution in [1.29, 1.82) is 0 Å². The number of carbonyl (C=O) groups is 3. The van der Waals surface area contributed by atoms with Crippen molar-refractivity contribution in [3.63, 3.8) is 0 Å². The molecular weight excluding hydrogens is 606 g/mol. The van der Waals surface area contributed by atoms with Crippen LogP contribution in [0.15, 0.2) is 59.5 Å². The fourth-order valence-electron chi connectivity index (χ4n) is 3.82. The third-order valence-corrected chi connectivity index (χ3v) is 7.12. The first-order valence-electron chi connectivity index (χ1n) is 10.6. The summed E-state index contributed by atoms with van der Waals surface area (Å²) in [4.78, 5) is 38.7. The summed E-state index contributed by atoms with van der Waals surface area (Å²) in [5.74, 6) is -1.42. The lowest BCUT2D eigenvalue weighted by molar-refractivity contribution is -0.137. The first-order chi connectivity index (χ1) is 16.9. The van der Waals surface area contributed by atoms with Crippen molar-refractivity contribution in [3.05, 3.63) is 85.6 Å². The molecule has 2 aromatic carbocycles. The van der Waals surface area contributed by atoms with Gasteiger partial charge >= 0.3 is 6.18 Å². The zero-order chi connectivity index (χ0) is 26.2. The van der Waals surface area contributed by atoms with E-state index in [1.807, 2.05) is 48.7 Å². The summed E-state index contributed by atoms with van der Waals surface area (Å²) >= 11 is 2.94. The molecule has 3 amide bonds. The van der Waals surface area contributed by atoms with Crippen LogP contribution in [-0.2, 0) is 15.8 Å². The molecule has 0 bridgehead atoms. The second-order valence-electron chi connectivity index (χ2n) is 8.03. The van der Waals surface area contributed by atoms with Gasteiger partial charge in [0.1, 0.15) is 6.54 Å². The highest BCUT2D eigenvalue weighted by molar-refractivity contribution is 14.1. The number of nitrogens with zero attached hydrogens (tertiary/aromatic N) is 2. The minimum atomic E-state index is -4.56. The van der Waals surface area contributed by atoms with E-state index in [-0.39, 0.29) is 10.6 Å². The van der Waals surface area contributed by atoms with Crippen LogP contribution >= 0.6 is 34.4 Å². The number of carbonyl (C=O) groups excluding carboxylic acids is 3. The Bertz CT molecular complexity index is 1400. The molecule has 0 radical (unpaired) electrons. The minimum Gasteiger partial charge on any atom is -0.325 e. The number of thioether (sulfide) groups is 1. The molecule has 36 heavy (non-hydrogen) atoms. The van der Waals surface area contributed by atoms with Crippen molar-refractivity contribution in [2.24, 2.45) is 0 Å². The molecule has 0 saturated carbocycles. The molecule has 186 valence electrons. The van der Waals surface area contributed by atoms with E-state index in [1.54, 1.807) is 6.08 Å². The maximum absolute atomic E-state index is 12.9. The van der Waals surface area contributed by atoms with Gasteiger partial charge in [0.25, 0.3) is 11.1 Å². The second kappa shape index (κ2) is 10.1. The summed E-state index contributed by atoms with van der Waals surface area (Å²) < 4.78 is 41.8. The maximum Gasteiger partial charge on any atom is 0.416 e. The Morgan fingerprint density at radius 3 is 2.44 bits per heavy atom. The van der Waals surface area contributed by atoms with E-state index in [2.05, 4.69) is 27.9 Å². The van der Waals surface area contributed by atoms with Crippen molar-refractivity contribution in [2.75, 3.05) is 11.9 Å². The predicted octanol–water partition coefficient (Wildman–Crippen LogP) is 6.39. The zero-order valence-electron chi connectivity index (χ0n) is 19.0. The normalized spacial score (nSPS) is 15.2. The Morgan fingerprint density at radius 2 is 1.78 bits per heavy atom. The van der Waals surface area contributed by atoms with Crippen LogP contribution in [0.4, 0.5) is 23.7 Å². The number of halogens is 4. The Balaban J connectivity index is 1.50. The molecule has 3 aromatic rings. The molecule has 1 fully saturated rings. The second-order valence-corrected chi connectivity index (χ2v) is 10.3. The van der Waals surface area contributed by atoms with Crippen LogP contribution < -0.4 is 5.32 Å². The molecule has 11 heteroatoms. The van der Waals surface area contributed by atoms with Gasteiger partial charge in [0.15, 0.2) is 0 Å². The standard InChI is InChI=1S/C25H19F3IN3O3S/c1-14-10-16(15(2)32(14)20-8-6-18(29)7-9-20)11-21-23(34)31(24(35)36-21)13-22(33)30-19-5-3-4-17(12-19)25(26,27)28/h3-12H,13H2,1-2H3,(H,30,33)/b21-11-. The largest absolute Gasteiger partial charge is 0.416 e. The lowest BCUT2D eigenvalue weighted by Crippen LogP contribution is -2.36. The number of anilines is 1. The lowest BCUT2D eigenvalue weighted by atomic mass is 10.2. The highest BCUT2D eigenvalue weighted by Crippen LogP contribution is 2.34. The fourth-order valence-corrected chi connectivity index (χ4v) is 5.00. The number of aryl methyl sites for hydroxylation is 1. The van der Waals surface area contributed by atoms with Crippen molar-refractivity contribution in [3.8, 4) is 5.69 Å². The number of rotatable bonds is 5. The molecule has 6 nitrogen and oxygen atoms in total. The van der Waals surface area contributed by atoms with Gasteiger partial charge in [0.2, 0.25) is 5.91 Å². The monoisotopic (exact) mass is 625 g/mol. The number of hydrogen-bond acceptors (Lipinski definition) is 4. The van der Waals surface area contributed by atoms with Crippen molar-refractivity contribution < 1.29 is 27.6 Å². The smallest absolute Gasteiger partial charge is 0.325 e. The van der Waals surface area contributed by atoms with Crippen molar-refractivity contribution >= 4 is 63.2 Å². The topological polar surface area (TPSA) is 71.4 Å². The summed E-state index contributed by atoms with van der Waals surface area (Å²) in [7, 11) is 0. The highest BCUT2D eigenvalue weighted by Gasteiger charge is 2.37. The van der Waals surface area contributed by atoms with Gasteiger partial charge in [-0.2, -0.15) is 13.2 Å². The van der Waals surface area contributed by atoms with Crippen LogP contribution in [0.2, 0.25) is 0 Å². The molecule has 2 heterocycles. The van der Waals surface area contributed by atoms with Gasteiger partial charge < -0.3 is 9.88 Å². The molecule has 0 spiro atoms. The summed E-state index contributed by atoms with van der Waals surface area (Å²) in [6.45, 7) is 3.23. The van der Waals surface area contributed by atoms with Crippen LogP contribution in [-0.4, -0.2) is 33.1 Å². The van der Waals surface area contributed by atoms with E-state index in [0.717, 1.165) is 49.3 Å². The van der Waals surface area contributed by atoms with Crippen LogP contribution in [0.25, 0.3) is 11.8 Å². The first kappa shape index (κ1) is 26.0. The maximum atomic E-state index is 12.9. The molecule has 0 atom stereocenters. The molecular formula is C25H19F3IN3O3S. The number of benzene rings is 2. The van der Waals surface area contributed by atoms with Gasteiger partial charge in [-0.25, -0.2) is 0 Å². The minimum absolute atomic E-state index is 0.0830. The molecule has 1 aliphatic heterocycles. The fraction of sp³-hybridized carbons (Fsp3) is 0.160. The van der Waals surface area contributed by atoms with Gasteiger partial charge in [-0.3, -0.25) is 19.3 Å². The number of aromatic nitrogens is 1. The summed E-state index contributed by atoms with van der Waals surface area (Å²) in [6.07, 6.45) is -2.95. The average Bonchev–Trinajstić information content (AvgIpc) is 3.23. The highest BCUT2D eigenvalue weighted by atomic mass is 127. The van der Waals surface area contributed by atoms with E-state index in [4.69, 9.17) is 0 Å². The summed E-state index contributed by atoms with van der Waals surface area (Å²) in [6, 6.07) is 14.0. The Hall–Kier alpha value is -3.06. The SMILES string of the molecule is Cc1cc(/C=C2\SC(=O)N(CC(=O)Nc3cccc(C(F)(F)F)c3)C2=O)c(C)n1-c1ccc(I)cc1. The Labute approximate surface area is 222 Å². The molecule has 1 aromatic heterocycles. The van der Waals surface area contributed by atoms with Crippen LogP contribution in [0.1, 0.15) is 22.5 Å². The first-order valence-corrected chi connectivity index (χ1v) is 12.5. The van der Waals surface area contributed by atoms with Crippen molar-refractivity contribution in [1.82, 2.24) is 9.47 Å². The number of alkyl halides is 3. The van der Waals surface area contributed by atoms with Gasteiger partial charge in [-0.1, -0.05) is 6.07 Å². The summed E-state index contributed by atoms with van der Waals surface area (Å²) in [5, 5.41) is 1.68. The molecule has 1 N–H and O–H groups in total. The third-order valence-electron chi connectivity index (χ3n) is 5.49. The lowest BCUT2D eigenvalue weighted by Gasteiger charge is -2.13. The predicted molar refractivity (Wildman–Crippen MR) is 141 cm³/mol. The van der Waals surface area contributed by atoms with Gasteiger partial charge in [-0.05, 0) is 108 Å². The number of hydrogen-bond donors (Lipinski definition) is 1. The van der Waals surface area contributed by atoms with Gasteiger partial charge in [0, 0.05) is 26.3 Å². The quantitative estimate of drug-likeness (QED) is 0.264. The summed E-state index contributed by atoms with van der Waals surface area (Å²) in [5.41, 5.74) is 2.54. The molecule has 0 aliphatic carbocycles. The van der Waals surface area contributed by atoms with Gasteiger partial charge in [-0.15, -0.1) is 0 Å². The van der Waals surface area contributed by atoms with Gasteiger partial charge in [0.05, 0.1) is 10.5 Å². The van der Waals surface area contributed by atoms with Crippen LogP contribution in [0.5, 0.6) is 0 Å². The third kappa shape index (κ3) is 5.51. The molecule has 1 saturated heterocycles. The zero-order valence-corrected chi connectivity index (χ0v) is 22.0. The van der Waals surface area contributed by atoms with E-state index >= 15 is 0 Å². The van der Waals surface area contributed by atoms with E-state index in [9.17, 15) is 27.6 Å². The molecule has 0 unspecified atom stereocenters. The Morgan fingerprint density at radius 1 is 1.08 bits per heavy atom. The van der Waals surface area contributed by atoms with E-state index < -0.39 is 35.3 Å². The van der Waals surface area contributed by atoms with Crippen molar-refractivity contribution in [2.45, 2.75) is 20.0 Å². The average molecular weight is 625 g/mol. The molecule has 1 aliphatic rings.